The van der Waals surface area contributed by atoms with Gasteiger partial charge in [-0.15, -0.1) is 0 Å². The number of ether oxygens (including phenoxy) is 1. The molecule has 19 heavy (non-hydrogen) atoms. The number of hydrogen-bond donors (Lipinski definition) is 0. The van der Waals surface area contributed by atoms with E-state index in [1.807, 2.05) is 6.92 Å². The zero-order valence-corrected chi connectivity index (χ0v) is 13.0. The molecule has 0 spiro atoms. The third kappa shape index (κ3) is 15.2. The molecule has 0 saturated heterocycles. The predicted molar refractivity (Wildman–Crippen MR) is 82.2 cm³/mol. The second-order valence-corrected chi connectivity index (χ2v) is 5.10. The molecule has 2 nitrogen and oxygen atoms in total. The average molecular weight is 268 g/mol. The van der Waals surface area contributed by atoms with Gasteiger partial charge >= 0.3 is 5.97 Å². The van der Waals surface area contributed by atoms with E-state index in [1.54, 1.807) is 0 Å². The van der Waals surface area contributed by atoms with Crippen molar-refractivity contribution in [3.05, 3.63) is 12.2 Å². The van der Waals surface area contributed by atoms with Crippen molar-refractivity contribution in [2.75, 3.05) is 6.61 Å². The summed E-state index contributed by atoms with van der Waals surface area (Å²) in [5.74, 6) is -0.0846. The summed E-state index contributed by atoms with van der Waals surface area (Å²) in [7, 11) is 0. The summed E-state index contributed by atoms with van der Waals surface area (Å²) in [5.41, 5.74) is 0. The summed E-state index contributed by atoms with van der Waals surface area (Å²) in [5, 5.41) is 0. The summed E-state index contributed by atoms with van der Waals surface area (Å²) >= 11 is 0. The van der Waals surface area contributed by atoms with E-state index in [2.05, 4.69) is 19.1 Å². The van der Waals surface area contributed by atoms with E-state index in [0.29, 0.717) is 13.0 Å². The first kappa shape index (κ1) is 18.2. The van der Waals surface area contributed by atoms with E-state index < -0.39 is 0 Å². The van der Waals surface area contributed by atoms with Crippen molar-refractivity contribution >= 4 is 5.97 Å². The highest BCUT2D eigenvalue weighted by Crippen LogP contribution is 2.07. The first-order valence-corrected chi connectivity index (χ1v) is 8.11. The van der Waals surface area contributed by atoms with Gasteiger partial charge in [0.2, 0.25) is 0 Å². The Hall–Kier alpha value is -0.790. The average Bonchev–Trinajstić information content (AvgIpc) is 2.43. The number of hydrogen-bond acceptors (Lipinski definition) is 2. The molecule has 0 radical (unpaired) electrons. The summed E-state index contributed by atoms with van der Waals surface area (Å²) in [4.78, 5) is 10.9. The van der Waals surface area contributed by atoms with Gasteiger partial charge in [0, 0.05) is 6.42 Å². The van der Waals surface area contributed by atoms with Gasteiger partial charge in [0.25, 0.3) is 0 Å². The van der Waals surface area contributed by atoms with Crippen LogP contribution in [0.4, 0.5) is 0 Å². The fourth-order valence-corrected chi connectivity index (χ4v) is 1.93. The lowest BCUT2D eigenvalue weighted by Gasteiger charge is -2.01. The maximum atomic E-state index is 10.9. The molecule has 0 aromatic carbocycles. The molecule has 0 fully saturated rings. The normalized spacial score (nSPS) is 11.1. The molecule has 0 aliphatic heterocycles. The summed E-state index contributed by atoms with van der Waals surface area (Å²) in [6.45, 7) is 4.66. The molecule has 0 unspecified atom stereocenters. The van der Waals surface area contributed by atoms with E-state index in [1.165, 1.54) is 44.9 Å². The zero-order valence-electron chi connectivity index (χ0n) is 13.0. The van der Waals surface area contributed by atoms with Crippen LogP contribution in [0.25, 0.3) is 0 Å². The number of unbranched alkanes of at least 4 members (excludes halogenated alkanes) is 8. The Balaban J connectivity index is 3.11. The van der Waals surface area contributed by atoms with E-state index in [9.17, 15) is 4.79 Å². The fourth-order valence-electron chi connectivity index (χ4n) is 1.93. The van der Waals surface area contributed by atoms with Crippen molar-refractivity contribution < 1.29 is 9.53 Å². The minimum Gasteiger partial charge on any atom is -0.466 e. The minimum atomic E-state index is -0.0846. The summed E-state index contributed by atoms with van der Waals surface area (Å²) < 4.78 is 5.02. The molecule has 0 saturated carbocycles. The quantitative estimate of drug-likeness (QED) is 0.253. The van der Waals surface area contributed by atoms with Crippen molar-refractivity contribution in [2.24, 2.45) is 0 Å². The van der Waals surface area contributed by atoms with Gasteiger partial charge in [-0.25, -0.2) is 0 Å². The molecular formula is C17H32O2. The number of esters is 1. The van der Waals surface area contributed by atoms with Crippen LogP contribution in [-0.4, -0.2) is 12.6 Å². The van der Waals surface area contributed by atoms with Crippen LogP contribution < -0.4 is 0 Å². The third-order valence-corrected chi connectivity index (χ3v) is 3.21. The van der Waals surface area contributed by atoms with Crippen LogP contribution in [0.3, 0.4) is 0 Å². The SMILES string of the molecule is CCCCCCCC/C=C/CCCCOC(=O)CC. The topological polar surface area (TPSA) is 26.3 Å². The lowest BCUT2D eigenvalue weighted by atomic mass is 10.1. The molecule has 0 heterocycles. The van der Waals surface area contributed by atoms with Gasteiger partial charge in [0.05, 0.1) is 6.61 Å². The molecule has 0 rings (SSSR count). The molecule has 0 aliphatic rings. The molecule has 2 heteroatoms. The molecule has 0 atom stereocenters. The van der Waals surface area contributed by atoms with Gasteiger partial charge in [-0.2, -0.15) is 0 Å². The maximum absolute atomic E-state index is 10.9. The highest BCUT2D eigenvalue weighted by molar-refractivity contribution is 5.68. The van der Waals surface area contributed by atoms with Gasteiger partial charge < -0.3 is 4.74 Å². The standard InChI is InChI=1S/C17H32O2/c1-3-5-6-7-8-9-10-11-12-13-14-15-16-19-17(18)4-2/h11-12H,3-10,13-16H2,1-2H3/b12-11+. The van der Waals surface area contributed by atoms with E-state index in [0.717, 1.165) is 19.3 Å². The first-order chi connectivity index (χ1) is 9.31. The molecule has 0 aromatic heterocycles. The van der Waals surface area contributed by atoms with Crippen molar-refractivity contribution in [3.63, 3.8) is 0 Å². The van der Waals surface area contributed by atoms with Gasteiger partial charge in [-0.3, -0.25) is 4.79 Å². The fraction of sp³-hybridized carbons (Fsp3) is 0.824. The Bertz CT molecular complexity index is 221. The van der Waals surface area contributed by atoms with Crippen molar-refractivity contribution in [2.45, 2.75) is 84.5 Å². The molecule has 112 valence electrons. The van der Waals surface area contributed by atoms with Crippen LogP contribution in [0.1, 0.15) is 84.5 Å². The summed E-state index contributed by atoms with van der Waals surface area (Å²) in [6.07, 6.45) is 17.7. The highest BCUT2D eigenvalue weighted by atomic mass is 16.5. The predicted octanol–water partition coefficient (Wildman–Crippen LogP) is 5.42. The number of allylic oxidation sites excluding steroid dienone is 2. The lowest BCUT2D eigenvalue weighted by Crippen LogP contribution is -2.03. The van der Waals surface area contributed by atoms with E-state index in [4.69, 9.17) is 4.74 Å². The number of carbonyl (C=O) groups is 1. The molecule has 0 aromatic rings. The monoisotopic (exact) mass is 268 g/mol. The van der Waals surface area contributed by atoms with Crippen LogP contribution in [0.5, 0.6) is 0 Å². The molecule has 0 bridgehead atoms. The van der Waals surface area contributed by atoms with E-state index >= 15 is 0 Å². The van der Waals surface area contributed by atoms with Crippen LogP contribution in [0.15, 0.2) is 12.2 Å². The van der Waals surface area contributed by atoms with Crippen LogP contribution in [0, 0.1) is 0 Å². The molecule has 0 aliphatic carbocycles. The van der Waals surface area contributed by atoms with E-state index in [-0.39, 0.29) is 5.97 Å². The Morgan fingerprint density at radius 1 is 0.842 bits per heavy atom. The maximum Gasteiger partial charge on any atom is 0.305 e. The number of rotatable bonds is 13. The molecule has 0 amide bonds. The second-order valence-electron chi connectivity index (χ2n) is 5.10. The Labute approximate surface area is 119 Å². The Morgan fingerprint density at radius 3 is 2.05 bits per heavy atom. The van der Waals surface area contributed by atoms with Gasteiger partial charge in [-0.1, -0.05) is 58.1 Å². The van der Waals surface area contributed by atoms with Crippen LogP contribution >= 0.6 is 0 Å². The van der Waals surface area contributed by atoms with Crippen LogP contribution in [-0.2, 0) is 9.53 Å². The smallest absolute Gasteiger partial charge is 0.305 e. The molecule has 0 N–H and O–H groups in total. The van der Waals surface area contributed by atoms with Crippen molar-refractivity contribution in [1.82, 2.24) is 0 Å². The number of carbonyl (C=O) groups excluding carboxylic acids is 1. The second kappa shape index (κ2) is 15.3. The van der Waals surface area contributed by atoms with Crippen molar-refractivity contribution in [3.8, 4) is 0 Å². The van der Waals surface area contributed by atoms with Gasteiger partial charge in [0.1, 0.15) is 0 Å². The largest absolute Gasteiger partial charge is 0.466 e. The third-order valence-electron chi connectivity index (χ3n) is 3.21. The lowest BCUT2D eigenvalue weighted by molar-refractivity contribution is -0.143. The highest BCUT2D eigenvalue weighted by Gasteiger charge is 1.96. The van der Waals surface area contributed by atoms with Crippen molar-refractivity contribution in [1.29, 1.82) is 0 Å². The Morgan fingerprint density at radius 2 is 1.42 bits per heavy atom. The first-order valence-electron chi connectivity index (χ1n) is 8.11. The summed E-state index contributed by atoms with van der Waals surface area (Å²) in [6, 6.07) is 0. The van der Waals surface area contributed by atoms with Crippen LogP contribution in [0.2, 0.25) is 0 Å². The minimum absolute atomic E-state index is 0.0846. The van der Waals surface area contributed by atoms with Gasteiger partial charge in [0.15, 0.2) is 0 Å². The zero-order chi connectivity index (χ0) is 14.2. The van der Waals surface area contributed by atoms with Gasteiger partial charge in [-0.05, 0) is 32.1 Å². The molecular weight excluding hydrogens is 236 g/mol. The Kier molecular flexibility index (Phi) is 14.6.